The Morgan fingerprint density at radius 1 is 0.667 bits per heavy atom. The molecule has 0 heterocycles. The van der Waals surface area contributed by atoms with Crippen molar-refractivity contribution in [2.45, 2.75) is 125 Å². The van der Waals surface area contributed by atoms with Gasteiger partial charge in [-0.3, -0.25) is 0 Å². The van der Waals surface area contributed by atoms with Crippen LogP contribution in [0.5, 0.6) is 0 Å². The van der Waals surface area contributed by atoms with Crippen molar-refractivity contribution < 1.29 is 0 Å². The van der Waals surface area contributed by atoms with Gasteiger partial charge in [0.2, 0.25) is 0 Å². The van der Waals surface area contributed by atoms with E-state index in [1.165, 1.54) is 77.0 Å². The second-order valence-electron chi connectivity index (χ2n) is 7.67. The third-order valence-electron chi connectivity index (χ3n) is 5.52. The standard InChI is InChI=1S/C11H19.3C4H9.Sn/c1-3-5-7-9-11-10-8-6-4-2;3*1-3-4-2;/h3H,4,6,8-11H2,1-2H3;3*1,3-4H2,2H3;. The molecule has 0 bridgehead atoms. The maximum atomic E-state index is 3.83. The van der Waals surface area contributed by atoms with E-state index in [4.69, 9.17) is 0 Å². The Hall–Kier alpha value is 0.319. The van der Waals surface area contributed by atoms with Crippen LogP contribution >= 0.6 is 0 Å². The molecular weight excluding hydrogens is 395 g/mol. The van der Waals surface area contributed by atoms with Gasteiger partial charge in [0.05, 0.1) is 0 Å². The molecule has 0 aromatic rings. The van der Waals surface area contributed by atoms with Gasteiger partial charge >= 0.3 is 159 Å². The van der Waals surface area contributed by atoms with Crippen LogP contribution in [0.4, 0.5) is 0 Å². The van der Waals surface area contributed by atoms with Gasteiger partial charge in [0.1, 0.15) is 0 Å². The van der Waals surface area contributed by atoms with Crippen LogP contribution in [0.2, 0.25) is 13.3 Å². The maximum absolute atomic E-state index is 3.83. The van der Waals surface area contributed by atoms with Gasteiger partial charge in [-0.2, -0.15) is 0 Å². The Kier molecular flexibility index (Phi) is 17.0. The van der Waals surface area contributed by atoms with Crippen molar-refractivity contribution in [1.82, 2.24) is 0 Å². The summed E-state index contributed by atoms with van der Waals surface area (Å²) >= 11 is -2.20. The summed E-state index contributed by atoms with van der Waals surface area (Å²) in [6.07, 6.45) is 19.2. The molecule has 0 N–H and O–H groups in total. The van der Waals surface area contributed by atoms with Crippen molar-refractivity contribution in [3.8, 4) is 0 Å². The summed E-state index contributed by atoms with van der Waals surface area (Å²) in [6, 6.07) is 0. The third-order valence-corrected chi connectivity index (χ3v) is 21.5. The van der Waals surface area contributed by atoms with E-state index < -0.39 is 18.4 Å². The van der Waals surface area contributed by atoms with Crippen molar-refractivity contribution >= 4 is 18.4 Å². The monoisotopic (exact) mass is 442 g/mol. The van der Waals surface area contributed by atoms with Gasteiger partial charge in [-0.25, -0.2) is 0 Å². The molecule has 24 heavy (non-hydrogen) atoms. The molecule has 0 rings (SSSR count). The summed E-state index contributed by atoms with van der Waals surface area (Å²) < 4.78 is 6.65. The van der Waals surface area contributed by atoms with Gasteiger partial charge in [-0.1, -0.05) is 0 Å². The zero-order valence-corrected chi connectivity index (χ0v) is 20.5. The zero-order chi connectivity index (χ0) is 18.1. The molecule has 0 unspecified atom stereocenters. The van der Waals surface area contributed by atoms with E-state index in [0.717, 1.165) is 0 Å². The van der Waals surface area contributed by atoms with Gasteiger partial charge in [0.25, 0.3) is 0 Å². The number of hydrogen-bond acceptors (Lipinski definition) is 0. The topological polar surface area (TPSA) is 0 Å². The predicted octanol–water partition coefficient (Wildman–Crippen LogP) is 8.84. The number of allylic oxidation sites excluding steroid dienone is 1. The molecule has 142 valence electrons. The molecular formula is C23H46Sn. The second-order valence-corrected chi connectivity index (χ2v) is 21.0. The van der Waals surface area contributed by atoms with Crippen LogP contribution in [0.3, 0.4) is 0 Å². The molecule has 0 amide bonds. The molecule has 0 fully saturated rings. The summed E-state index contributed by atoms with van der Waals surface area (Å²) in [5.74, 6) is 0. The summed E-state index contributed by atoms with van der Waals surface area (Å²) in [5, 5.41) is 0. The van der Waals surface area contributed by atoms with E-state index in [0.29, 0.717) is 0 Å². The molecule has 0 aliphatic rings. The summed E-state index contributed by atoms with van der Waals surface area (Å²) in [4.78, 5) is 0. The van der Waals surface area contributed by atoms with Crippen LogP contribution in [-0.2, 0) is 0 Å². The van der Waals surface area contributed by atoms with E-state index in [9.17, 15) is 0 Å². The third kappa shape index (κ3) is 10.3. The molecule has 0 saturated carbocycles. The summed E-state index contributed by atoms with van der Waals surface area (Å²) in [7, 11) is 0. The number of hydrogen-bond donors (Lipinski definition) is 0. The minimum atomic E-state index is -2.20. The average Bonchev–Trinajstić information content (AvgIpc) is 2.60. The van der Waals surface area contributed by atoms with Crippen LogP contribution < -0.4 is 0 Å². The molecule has 0 nitrogen and oxygen atoms in total. The fourth-order valence-corrected chi connectivity index (χ4v) is 20.8. The van der Waals surface area contributed by atoms with Gasteiger partial charge in [-0.15, -0.1) is 0 Å². The second kappa shape index (κ2) is 16.8. The first-order chi connectivity index (χ1) is 11.7. The van der Waals surface area contributed by atoms with E-state index in [1.807, 2.05) is 3.59 Å². The molecule has 0 spiro atoms. The van der Waals surface area contributed by atoms with Crippen LogP contribution in [0, 0.1) is 0 Å². The first-order valence-electron chi connectivity index (χ1n) is 11.1. The Balaban J connectivity index is 5.17. The van der Waals surface area contributed by atoms with Gasteiger partial charge < -0.3 is 0 Å². The molecule has 0 aliphatic heterocycles. The number of unbranched alkanes of at least 4 members (excludes halogenated alkanes) is 7. The molecule has 0 aromatic heterocycles. The van der Waals surface area contributed by atoms with E-state index in [1.54, 1.807) is 13.3 Å². The molecule has 0 atom stereocenters. The van der Waals surface area contributed by atoms with Crippen molar-refractivity contribution in [3.63, 3.8) is 0 Å². The Morgan fingerprint density at radius 3 is 1.54 bits per heavy atom. The van der Waals surface area contributed by atoms with Crippen LogP contribution in [0.15, 0.2) is 15.4 Å². The first kappa shape index (κ1) is 24.3. The van der Waals surface area contributed by atoms with Crippen LogP contribution in [0.25, 0.3) is 0 Å². The van der Waals surface area contributed by atoms with Gasteiger partial charge in [-0.05, 0) is 0 Å². The Labute approximate surface area is 158 Å². The van der Waals surface area contributed by atoms with Crippen molar-refractivity contribution in [3.05, 3.63) is 15.4 Å². The van der Waals surface area contributed by atoms with Crippen molar-refractivity contribution in [2.75, 3.05) is 0 Å². The SMILES string of the molecule is CC=C=[C](CCCCCCC)[Sn]([CH2]CCC)([CH2]CCC)[CH2]CCC. The molecule has 0 radical (unpaired) electrons. The Bertz CT molecular complexity index is 314. The van der Waals surface area contributed by atoms with Crippen molar-refractivity contribution in [1.29, 1.82) is 0 Å². The van der Waals surface area contributed by atoms with E-state index in [2.05, 4.69) is 46.4 Å². The molecule has 0 aliphatic carbocycles. The molecule has 0 saturated heterocycles. The van der Waals surface area contributed by atoms with Crippen LogP contribution in [0.1, 0.15) is 112 Å². The Morgan fingerprint density at radius 2 is 1.12 bits per heavy atom. The van der Waals surface area contributed by atoms with E-state index in [-0.39, 0.29) is 0 Å². The zero-order valence-electron chi connectivity index (χ0n) is 17.7. The summed E-state index contributed by atoms with van der Waals surface area (Å²) in [6.45, 7) is 11.6. The number of rotatable bonds is 16. The minimum absolute atomic E-state index is 1.35. The summed E-state index contributed by atoms with van der Waals surface area (Å²) in [5.41, 5.74) is 3.83. The van der Waals surface area contributed by atoms with Crippen LogP contribution in [-0.4, -0.2) is 18.4 Å². The normalized spacial score (nSPS) is 11.4. The quantitative estimate of drug-likeness (QED) is 0.128. The van der Waals surface area contributed by atoms with E-state index >= 15 is 0 Å². The molecule has 0 aromatic carbocycles. The predicted molar refractivity (Wildman–Crippen MR) is 116 cm³/mol. The molecule has 1 heteroatoms. The van der Waals surface area contributed by atoms with Crippen molar-refractivity contribution in [2.24, 2.45) is 0 Å². The average molecular weight is 441 g/mol. The first-order valence-corrected chi connectivity index (χ1v) is 18.6. The van der Waals surface area contributed by atoms with Gasteiger partial charge in [0, 0.05) is 0 Å². The van der Waals surface area contributed by atoms with Gasteiger partial charge in [0.15, 0.2) is 0 Å². The fourth-order valence-electron chi connectivity index (χ4n) is 3.94. The fraction of sp³-hybridized carbons (Fsp3) is 0.870.